The Morgan fingerprint density at radius 1 is 1.12 bits per heavy atom. The van der Waals surface area contributed by atoms with Crippen molar-refractivity contribution in [1.82, 2.24) is 20.4 Å². The van der Waals surface area contributed by atoms with Crippen LogP contribution >= 0.6 is 24.0 Å². The Morgan fingerprint density at radius 3 is 2.48 bits per heavy atom. The van der Waals surface area contributed by atoms with Crippen LogP contribution in [0.4, 0.5) is 0 Å². The minimum atomic E-state index is 0. The van der Waals surface area contributed by atoms with Crippen LogP contribution in [-0.2, 0) is 9.53 Å². The summed E-state index contributed by atoms with van der Waals surface area (Å²) in [4.78, 5) is 21.8. The van der Waals surface area contributed by atoms with Crippen LogP contribution in [0.2, 0.25) is 0 Å². The summed E-state index contributed by atoms with van der Waals surface area (Å²) in [7, 11) is 1.82. The monoisotopic (exact) mass is 569 g/mol. The highest BCUT2D eigenvalue weighted by Gasteiger charge is 2.32. The highest BCUT2D eigenvalue weighted by molar-refractivity contribution is 14.0. The second-order valence-electron chi connectivity index (χ2n) is 9.42. The summed E-state index contributed by atoms with van der Waals surface area (Å²) < 4.78 is 5.58. The van der Waals surface area contributed by atoms with Gasteiger partial charge in [-0.05, 0) is 31.7 Å². The summed E-state index contributed by atoms with van der Waals surface area (Å²) in [6.07, 6.45) is 5.52. The van der Waals surface area contributed by atoms with E-state index in [-0.39, 0.29) is 42.0 Å². The third-order valence-electron chi connectivity index (χ3n) is 7.18. The summed E-state index contributed by atoms with van der Waals surface area (Å²) >= 11 is 0. The average molecular weight is 570 g/mol. The molecule has 0 radical (unpaired) electrons. The van der Waals surface area contributed by atoms with Crippen LogP contribution < -0.4 is 10.6 Å². The van der Waals surface area contributed by atoms with E-state index >= 15 is 0 Å². The number of aryl methyl sites for hydroxylation is 1. The summed E-state index contributed by atoms with van der Waals surface area (Å²) in [5.41, 5.74) is 2.59. The lowest BCUT2D eigenvalue weighted by Gasteiger charge is -2.35. The lowest BCUT2D eigenvalue weighted by molar-refractivity contribution is -0.134. The molecule has 8 heteroatoms. The van der Waals surface area contributed by atoms with Gasteiger partial charge in [-0.1, -0.05) is 42.7 Å². The van der Waals surface area contributed by atoms with Gasteiger partial charge < -0.3 is 20.3 Å². The molecular weight excluding hydrogens is 529 g/mol. The first-order valence-electron chi connectivity index (χ1n) is 12.3. The van der Waals surface area contributed by atoms with Gasteiger partial charge in [0.15, 0.2) is 5.96 Å². The lowest BCUT2D eigenvalue weighted by atomic mass is 10.0. The van der Waals surface area contributed by atoms with E-state index in [9.17, 15) is 4.79 Å². The van der Waals surface area contributed by atoms with E-state index < -0.39 is 0 Å². The lowest BCUT2D eigenvalue weighted by Crippen LogP contribution is -2.49. The SMILES string of the molecule is CN=C(NCC(c1ccc(C)cc1)N1CCOCC1)NC1CCN(C(=O)C2CCCC2)C1.I. The maximum absolute atomic E-state index is 12.8. The molecule has 2 saturated heterocycles. The topological polar surface area (TPSA) is 69.2 Å². The Kier molecular flexibility index (Phi) is 10.2. The quantitative estimate of drug-likeness (QED) is 0.314. The first kappa shape index (κ1) is 26.2. The van der Waals surface area contributed by atoms with E-state index in [2.05, 4.69) is 56.6 Å². The van der Waals surface area contributed by atoms with Gasteiger partial charge in [-0.3, -0.25) is 14.7 Å². The van der Waals surface area contributed by atoms with Gasteiger partial charge in [-0.2, -0.15) is 0 Å². The molecule has 1 aromatic rings. The summed E-state index contributed by atoms with van der Waals surface area (Å²) in [6.45, 7) is 7.97. The van der Waals surface area contributed by atoms with E-state index in [0.717, 1.165) is 71.2 Å². The van der Waals surface area contributed by atoms with Gasteiger partial charge in [0.05, 0.1) is 19.3 Å². The van der Waals surface area contributed by atoms with Crippen LogP contribution in [-0.4, -0.2) is 80.7 Å². The second kappa shape index (κ2) is 12.9. The largest absolute Gasteiger partial charge is 0.379 e. The van der Waals surface area contributed by atoms with Crippen molar-refractivity contribution in [2.24, 2.45) is 10.9 Å². The molecular formula is C25H40IN5O2. The molecule has 4 rings (SSSR count). The number of ether oxygens (including phenoxy) is 1. The van der Waals surface area contributed by atoms with Crippen molar-refractivity contribution in [3.63, 3.8) is 0 Å². The van der Waals surface area contributed by atoms with Gasteiger partial charge in [0, 0.05) is 51.7 Å². The number of aliphatic imine (C=N–C) groups is 1. The molecule has 3 aliphatic rings. The first-order valence-corrected chi connectivity index (χ1v) is 12.3. The predicted molar refractivity (Wildman–Crippen MR) is 143 cm³/mol. The van der Waals surface area contributed by atoms with E-state index in [1.165, 1.54) is 24.0 Å². The van der Waals surface area contributed by atoms with Crippen LogP contribution in [0.5, 0.6) is 0 Å². The van der Waals surface area contributed by atoms with Gasteiger partial charge in [-0.15, -0.1) is 24.0 Å². The molecule has 0 aromatic heterocycles. The molecule has 2 N–H and O–H groups in total. The third-order valence-corrected chi connectivity index (χ3v) is 7.18. The molecule has 1 aliphatic carbocycles. The van der Waals surface area contributed by atoms with Crippen LogP contribution in [0.3, 0.4) is 0 Å². The van der Waals surface area contributed by atoms with E-state index in [1.54, 1.807) is 0 Å². The van der Waals surface area contributed by atoms with Gasteiger partial charge >= 0.3 is 0 Å². The van der Waals surface area contributed by atoms with Crippen LogP contribution in [0.1, 0.15) is 49.3 Å². The number of nitrogens with one attached hydrogen (secondary N) is 2. The summed E-state index contributed by atoms with van der Waals surface area (Å²) in [5, 5.41) is 7.12. The molecule has 2 heterocycles. The molecule has 1 aromatic carbocycles. The number of rotatable bonds is 6. The first-order chi connectivity index (χ1) is 15.6. The molecule has 3 fully saturated rings. The summed E-state index contributed by atoms with van der Waals surface area (Å²) in [5.74, 6) is 1.44. The average Bonchev–Trinajstić information content (AvgIpc) is 3.52. The number of benzene rings is 1. The highest BCUT2D eigenvalue weighted by Crippen LogP contribution is 2.28. The zero-order valence-corrected chi connectivity index (χ0v) is 22.4. The zero-order chi connectivity index (χ0) is 22.3. The fourth-order valence-corrected chi connectivity index (χ4v) is 5.23. The standard InChI is InChI=1S/C25H39N5O2.HI/c1-19-7-9-20(10-8-19)23(29-13-15-32-16-14-29)17-27-25(26-2)28-22-11-12-30(18-22)24(31)21-5-3-4-6-21;/h7-10,21-23H,3-6,11-18H2,1-2H3,(H2,26,27,28);1H. The number of hydrogen-bond donors (Lipinski definition) is 2. The van der Waals surface area contributed by atoms with Crippen molar-refractivity contribution < 1.29 is 9.53 Å². The fourth-order valence-electron chi connectivity index (χ4n) is 5.23. The molecule has 0 bridgehead atoms. The predicted octanol–water partition coefficient (Wildman–Crippen LogP) is 2.94. The number of halogens is 1. The van der Waals surface area contributed by atoms with E-state index in [1.807, 2.05) is 7.05 Å². The highest BCUT2D eigenvalue weighted by atomic mass is 127. The molecule has 0 spiro atoms. The fraction of sp³-hybridized carbons (Fsp3) is 0.680. The smallest absolute Gasteiger partial charge is 0.225 e. The number of amides is 1. The van der Waals surface area contributed by atoms with E-state index in [4.69, 9.17) is 4.74 Å². The van der Waals surface area contributed by atoms with Crippen LogP contribution in [0.15, 0.2) is 29.3 Å². The van der Waals surface area contributed by atoms with Gasteiger partial charge in [0.25, 0.3) is 0 Å². The molecule has 33 heavy (non-hydrogen) atoms. The second-order valence-corrected chi connectivity index (χ2v) is 9.42. The van der Waals surface area contributed by atoms with Crippen molar-refractivity contribution >= 4 is 35.8 Å². The van der Waals surface area contributed by atoms with Gasteiger partial charge in [0.1, 0.15) is 0 Å². The Morgan fingerprint density at radius 2 is 1.82 bits per heavy atom. The van der Waals surface area contributed by atoms with Crippen molar-refractivity contribution in [3.05, 3.63) is 35.4 Å². The molecule has 2 unspecified atom stereocenters. The normalized spacial score (nSPS) is 23.3. The Labute approximate surface area is 215 Å². The maximum Gasteiger partial charge on any atom is 0.225 e. The number of morpholine rings is 1. The Bertz CT molecular complexity index is 776. The minimum absolute atomic E-state index is 0. The Hall–Kier alpha value is -1.39. The number of guanidine groups is 1. The Balaban J connectivity index is 0.00000306. The summed E-state index contributed by atoms with van der Waals surface area (Å²) in [6, 6.07) is 9.36. The molecule has 7 nitrogen and oxygen atoms in total. The van der Waals surface area contributed by atoms with Crippen LogP contribution in [0, 0.1) is 12.8 Å². The van der Waals surface area contributed by atoms with Gasteiger partial charge in [-0.25, -0.2) is 0 Å². The number of likely N-dealkylation sites (tertiary alicyclic amines) is 1. The molecule has 1 saturated carbocycles. The molecule has 184 valence electrons. The van der Waals surface area contributed by atoms with E-state index in [0.29, 0.717) is 5.91 Å². The van der Waals surface area contributed by atoms with Crippen molar-refractivity contribution in [3.8, 4) is 0 Å². The van der Waals surface area contributed by atoms with Crippen molar-refractivity contribution in [2.45, 2.75) is 51.1 Å². The van der Waals surface area contributed by atoms with Crippen molar-refractivity contribution in [1.29, 1.82) is 0 Å². The third kappa shape index (κ3) is 7.05. The van der Waals surface area contributed by atoms with Crippen LogP contribution in [0.25, 0.3) is 0 Å². The zero-order valence-electron chi connectivity index (χ0n) is 20.1. The molecule has 2 aliphatic heterocycles. The maximum atomic E-state index is 12.8. The molecule has 1 amide bonds. The molecule has 2 atom stereocenters. The van der Waals surface area contributed by atoms with Gasteiger partial charge in [0.2, 0.25) is 5.91 Å². The van der Waals surface area contributed by atoms with Crippen molar-refractivity contribution in [2.75, 3.05) is 53.0 Å². The number of carbonyl (C=O) groups is 1. The number of hydrogen-bond acceptors (Lipinski definition) is 4. The number of nitrogens with zero attached hydrogens (tertiary/aromatic N) is 3. The number of carbonyl (C=O) groups excluding carboxylic acids is 1. The minimum Gasteiger partial charge on any atom is -0.379 e.